The highest BCUT2D eigenvalue weighted by Gasteiger charge is 2.29. The number of carbonyl (C=O) groups excluding carboxylic acids is 1. The first-order chi connectivity index (χ1) is 10.3. The molecule has 1 aromatic carbocycles. The first kappa shape index (κ1) is 16.0. The van der Waals surface area contributed by atoms with Crippen LogP contribution < -0.4 is 5.32 Å². The molecule has 0 radical (unpaired) electrons. The molecular formula is C18H28N2O. The van der Waals surface area contributed by atoms with Gasteiger partial charge in [-0.15, -0.1) is 0 Å². The first-order valence-corrected chi connectivity index (χ1v) is 8.35. The summed E-state index contributed by atoms with van der Waals surface area (Å²) in [6.07, 6.45) is 4.46. The standard InChI is InChI=1S/C18H28N2O/c1-3-5-11-20(12-6-4-2)18(21)17-14-19-13-15-9-7-8-10-16(15)17/h7-10,17,19H,3-6,11-14H2,1-2H3. The topological polar surface area (TPSA) is 32.3 Å². The molecule has 3 heteroatoms. The molecule has 1 aliphatic rings. The summed E-state index contributed by atoms with van der Waals surface area (Å²) in [5, 5.41) is 3.39. The smallest absolute Gasteiger partial charge is 0.231 e. The number of rotatable bonds is 7. The number of nitrogens with one attached hydrogen (secondary N) is 1. The Kier molecular flexibility index (Phi) is 6.24. The highest BCUT2D eigenvalue weighted by molar-refractivity contribution is 5.84. The third-order valence-electron chi connectivity index (χ3n) is 4.27. The van der Waals surface area contributed by atoms with E-state index in [0.717, 1.165) is 51.9 Å². The van der Waals surface area contributed by atoms with Crippen molar-refractivity contribution in [1.29, 1.82) is 0 Å². The lowest BCUT2D eigenvalue weighted by molar-refractivity contribution is -0.133. The van der Waals surface area contributed by atoms with Gasteiger partial charge in [-0.3, -0.25) is 4.79 Å². The van der Waals surface area contributed by atoms with E-state index < -0.39 is 0 Å². The number of amides is 1. The van der Waals surface area contributed by atoms with Gasteiger partial charge in [0.25, 0.3) is 0 Å². The molecule has 2 rings (SSSR count). The van der Waals surface area contributed by atoms with Crippen molar-refractivity contribution in [3.8, 4) is 0 Å². The van der Waals surface area contributed by atoms with Crippen LogP contribution in [0.2, 0.25) is 0 Å². The van der Waals surface area contributed by atoms with E-state index in [1.165, 1.54) is 11.1 Å². The van der Waals surface area contributed by atoms with Gasteiger partial charge in [0.15, 0.2) is 0 Å². The predicted molar refractivity (Wildman–Crippen MR) is 87.3 cm³/mol. The molecule has 116 valence electrons. The molecule has 0 saturated heterocycles. The molecule has 1 atom stereocenters. The van der Waals surface area contributed by atoms with E-state index in [1.807, 2.05) is 6.07 Å². The zero-order chi connectivity index (χ0) is 15.1. The Bertz CT molecular complexity index is 450. The van der Waals surface area contributed by atoms with Crippen LogP contribution in [0.4, 0.5) is 0 Å². The molecule has 3 nitrogen and oxygen atoms in total. The predicted octanol–water partition coefficient (Wildman–Crippen LogP) is 3.30. The Labute approximate surface area is 128 Å². The summed E-state index contributed by atoms with van der Waals surface area (Å²) in [7, 11) is 0. The first-order valence-electron chi connectivity index (χ1n) is 8.35. The lowest BCUT2D eigenvalue weighted by Gasteiger charge is -2.31. The van der Waals surface area contributed by atoms with Crippen LogP contribution >= 0.6 is 0 Å². The van der Waals surface area contributed by atoms with Gasteiger partial charge in [0.05, 0.1) is 5.92 Å². The number of fused-ring (bicyclic) bond motifs is 1. The summed E-state index contributed by atoms with van der Waals surface area (Å²) in [6.45, 7) is 7.80. The van der Waals surface area contributed by atoms with E-state index >= 15 is 0 Å². The van der Waals surface area contributed by atoms with E-state index in [0.29, 0.717) is 5.91 Å². The fraction of sp³-hybridized carbons (Fsp3) is 0.611. The number of unbranched alkanes of at least 4 members (excludes halogenated alkanes) is 2. The molecule has 0 saturated carbocycles. The number of nitrogens with zero attached hydrogens (tertiary/aromatic N) is 1. The lowest BCUT2D eigenvalue weighted by Crippen LogP contribution is -2.42. The quantitative estimate of drug-likeness (QED) is 0.835. The van der Waals surface area contributed by atoms with Crippen molar-refractivity contribution < 1.29 is 4.79 Å². The molecule has 1 aromatic rings. The van der Waals surface area contributed by atoms with Gasteiger partial charge in [-0.1, -0.05) is 51.0 Å². The van der Waals surface area contributed by atoms with Crippen molar-refractivity contribution in [3.63, 3.8) is 0 Å². The molecule has 1 amide bonds. The summed E-state index contributed by atoms with van der Waals surface area (Å²) >= 11 is 0. The Balaban J connectivity index is 2.12. The van der Waals surface area contributed by atoms with Crippen LogP contribution in [0.3, 0.4) is 0 Å². The maximum absolute atomic E-state index is 13.0. The zero-order valence-corrected chi connectivity index (χ0v) is 13.4. The Morgan fingerprint density at radius 2 is 1.86 bits per heavy atom. The van der Waals surface area contributed by atoms with Crippen molar-refractivity contribution in [3.05, 3.63) is 35.4 Å². The van der Waals surface area contributed by atoms with Gasteiger partial charge in [0.1, 0.15) is 0 Å². The van der Waals surface area contributed by atoms with Crippen LogP contribution in [0, 0.1) is 0 Å². The fourth-order valence-corrected chi connectivity index (χ4v) is 2.97. The van der Waals surface area contributed by atoms with Gasteiger partial charge < -0.3 is 10.2 Å². The van der Waals surface area contributed by atoms with Gasteiger partial charge in [0, 0.05) is 26.2 Å². The van der Waals surface area contributed by atoms with Crippen molar-refractivity contribution in [1.82, 2.24) is 10.2 Å². The van der Waals surface area contributed by atoms with Crippen LogP contribution in [0.1, 0.15) is 56.6 Å². The normalized spacial score (nSPS) is 17.3. The van der Waals surface area contributed by atoms with Crippen molar-refractivity contribution in [2.75, 3.05) is 19.6 Å². The lowest BCUT2D eigenvalue weighted by atomic mass is 9.89. The maximum atomic E-state index is 13.0. The molecule has 1 heterocycles. The highest BCUT2D eigenvalue weighted by Crippen LogP contribution is 2.26. The maximum Gasteiger partial charge on any atom is 0.231 e. The number of hydrogen-bond acceptors (Lipinski definition) is 2. The summed E-state index contributed by atoms with van der Waals surface area (Å²) < 4.78 is 0. The second-order valence-corrected chi connectivity index (χ2v) is 5.91. The molecule has 0 aromatic heterocycles. The minimum absolute atomic E-state index is 0.0105. The molecule has 1 unspecified atom stereocenters. The van der Waals surface area contributed by atoms with E-state index in [-0.39, 0.29) is 5.92 Å². The summed E-state index contributed by atoms with van der Waals surface area (Å²) in [4.78, 5) is 15.0. The van der Waals surface area contributed by atoms with Gasteiger partial charge in [0.2, 0.25) is 5.91 Å². The Morgan fingerprint density at radius 3 is 2.52 bits per heavy atom. The van der Waals surface area contributed by atoms with Crippen molar-refractivity contribution in [2.45, 2.75) is 52.0 Å². The molecular weight excluding hydrogens is 260 g/mol. The molecule has 0 spiro atoms. The largest absolute Gasteiger partial charge is 0.342 e. The van der Waals surface area contributed by atoms with Crippen LogP contribution in [-0.4, -0.2) is 30.4 Å². The van der Waals surface area contributed by atoms with Gasteiger partial charge in [-0.05, 0) is 24.0 Å². The summed E-state index contributed by atoms with van der Waals surface area (Å²) in [5.74, 6) is 0.292. The van der Waals surface area contributed by atoms with Gasteiger partial charge >= 0.3 is 0 Å². The van der Waals surface area contributed by atoms with Crippen LogP contribution in [-0.2, 0) is 11.3 Å². The number of benzene rings is 1. The second kappa shape index (κ2) is 8.18. The molecule has 0 fully saturated rings. The number of carbonyl (C=O) groups is 1. The van der Waals surface area contributed by atoms with Crippen molar-refractivity contribution in [2.24, 2.45) is 0 Å². The Hall–Kier alpha value is -1.35. The minimum Gasteiger partial charge on any atom is -0.342 e. The fourth-order valence-electron chi connectivity index (χ4n) is 2.97. The van der Waals surface area contributed by atoms with Crippen LogP contribution in [0.25, 0.3) is 0 Å². The average molecular weight is 288 g/mol. The SMILES string of the molecule is CCCCN(CCCC)C(=O)C1CNCc2ccccc21. The molecule has 1 N–H and O–H groups in total. The van der Waals surface area contributed by atoms with Gasteiger partial charge in [-0.2, -0.15) is 0 Å². The van der Waals surface area contributed by atoms with E-state index in [4.69, 9.17) is 0 Å². The van der Waals surface area contributed by atoms with Crippen LogP contribution in [0.5, 0.6) is 0 Å². The average Bonchev–Trinajstić information content (AvgIpc) is 2.54. The third-order valence-corrected chi connectivity index (χ3v) is 4.27. The molecule has 21 heavy (non-hydrogen) atoms. The Morgan fingerprint density at radius 1 is 1.19 bits per heavy atom. The third kappa shape index (κ3) is 4.07. The summed E-state index contributed by atoms with van der Waals surface area (Å²) in [5.41, 5.74) is 2.49. The number of hydrogen-bond donors (Lipinski definition) is 1. The summed E-state index contributed by atoms with van der Waals surface area (Å²) in [6, 6.07) is 8.35. The second-order valence-electron chi connectivity index (χ2n) is 5.91. The van der Waals surface area contributed by atoms with Gasteiger partial charge in [-0.25, -0.2) is 0 Å². The molecule has 0 bridgehead atoms. The van der Waals surface area contributed by atoms with Crippen molar-refractivity contribution >= 4 is 5.91 Å². The van der Waals surface area contributed by atoms with E-state index in [2.05, 4.69) is 42.3 Å². The van der Waals surface area contributed by atoms with E-state index in [1.54, 1.807) is 0 Å². The minimum atomic E-state index is -0.0105. The highest BCUT2D eigenvalue weighted by atomic mass is 16.2. The van der Waals surface area contributed by atoms with Crippen LogP contribution in [0.15, 0.2) is 24.3 Å². The molecule has 1 aliphatic heterocycles. The zero-order valence-electron chi connectivity index (χ0n) is 13.4. The molecule has 0 aliphatic carbocycles. The van der Waals surface area contributed by atoms with E-state index in [9.17, 15) is 4.79 Å². The monoisotopic (exact) mass is 288 g/mol.